The molecule has 0 radical (unpaired) electrons. The SMILES string of the molecule is C=C(C)C1CC(=O)C2CC(O)CC(C)C2(C)C1. The molecule has 2 fully saturated rings. The van der Waals surface area contributed by atoms with Crippen LogP contribution in [0.4, 0.5) is 0 Å². The first-order valence-corrected chi connectivity index (χ1v) is 6.70. The van der Waals surface area contributed by atoms with Gasteiger partial charge in [0.15, 0.2) is 0 Å². The Kier molecular flexibility index (Phi) is 3.19. The van der Waals surface area contributed by atoms with Gasteiger partial charge in [0, 0.05) is 12.3 Å². The van der Waals surface area contributed by atoms with Gasteiger partial charge in [-0.3, -0.25) is 4.79 Å². The van der Waals surface area contributed by atoms with Crippen molar-refractivity contribution in [1.82, 2.24) is 0 Å². The third kappa shape index (κ3) is 2.08. The van der Waals surface area contributed by atoms with E-state index in [9.17, 15) is 9.90 Å². The normalized spacial score (nSPS) is 46.5. The minimum absolute atomic E-state index is 0.0665. The Balaban J connectivity index is 2.28. The van der Waals surface area contributed by atoms with Crippen LogP contribution in [0, 0.1) is 23.2 Å². The maximum absolute atomic E-state index is 12.3. The number of carbonyl (C=O) groups is 1. The van der Waals surface area contributed by atoms with E-state index in [0.717, 1.165) is 18.4 Å². The summed E-state index contributed by atoms with van der Waals surface area (Å²) in [5, 5.41) is 9.86. The predicted molar refractivity (Wildman–Crippen MR) is 68.5 cm³/mol. The highest BCUT2D eigenvalue weighted by atomic mass is 16.3. The Morgan fingerprint density at radius 3 is 2.71 bits per heavy atom. The minimum atomic E-state index is -0.284. The number of ketones is 1. The monoisotopic (exact) mass is 236 g/mol. The van der Waals surface area contributed by atoms with Crippen LogP contribution in [0.5, 0.6) is 0 Å². The molecule has 0 heterocycles. The number of carbonyl (C=O) groups excluding carboxylic acids is 1. The van der Waals surface area contributed by atoms with Crippen molar-refractivity contribution in [2.45, 2.75) is 52.6 Å². The van der Waals surface area contributed by atoms with Crippen molar-refractivity contribution in [2.75, 3.05) is 0 Å². The van der Waals surface area contributed by atoms with Gasteiger partial charge in [-0.2, -0.15) is 0 Å². The molecule has 5 atom stereocenters. The maximum atomic E-state index is 12.3. The smallest absolute Gasteiger partial charge is 0.137 e. The third-order valence-corrected chi connectivity index (χ3v) is 5.27. The Hall–Kier alpha value is -0.630. The van der Waals surface area contributed by atoms with Crippen molar-refractivity contribution in [2.24, 2.45) is 23.2 Å². The van der Waals surface area contributed by atoms with E-state index in [0.29, 0.717) is 30.5 Å². The van der Waals surface area contributed by atoms with Gasteiger partial charge in [0.2, 0.25) is 0 Å². The Morgan fingerprint density at radius 1 is 1.47 bits per heavy atom. The topological polar surface area (TPSA) is 37.3 Å². The van der Waals surface area contributed by atoms with Crippen molar-refractivity contribution in [3.8, 4) is 0 Å². The molecule has 0 aromatic rings. The summed E-state index contributed by atoms with van der Waals surface area (Å²) in [7, 11) is 0. The van der Waals surface area contributed by atoms with Gasteiger partial charge in [-0.05, 0) is 43.4 Å². The predicted octanol–water partition coefficient (Wildman–Crippen LogP) is 2.95. The summed E-state index contributed by atoms with van der Waals surface area (Å²) in [5.74, 6) is 1.18. The van der Waals surface area contributed by atoms with Gasteiger partial charge in [-0.15, -0.1) is 0 Å². The van der Waals surface area contributed by atoms with Crippen LogP contribution in [-0.4, -0.2) is 17.0 Å². The summed E-state index contributed by atoms with van der Waals surface area (Å²) in [6, 6.07) is 0. The third-order valence-electron chi connectivity index (χ3n) is 5.27. The number of hydrogen-bond donors (Lipinski definition) is 1. The molecule has 0 amide bonds. The first-order chi connectivity index (χ1) is 7.84. The zero-order chi connectivity index (χ0) is 12.8. The van der Waals surface area contributed by atoms with Crippen LogP contribution >= 0.6 is 0 Å². The Labute approximate surface area is 104 Å². The molecule has 0 aromatic heterocycles. The second-order valence-electron chi connectivity index (χ2n) is 6.50. The van der Waals surface area contributed by atoms with Crippen LogP contribution in [0.15, 0.2) is 12.2 Å². The summed E-state index contributed by atoms with van der Waals surface area (Å²) in [5.41, 5.74) is 1.20. The van der Waals surface area contributed by atoms with Crippen molar-refractivity contribution >= 4 is 5.78 Å². The van der Waals surface area contributed by atoms with E-state index >= 15 is 0 Å². The number of Topliss-reactive ketones (excluding diaryl/α,β-unsaturated/α-hetero) is 1. The van der Waals surface area contributed by atoms with Gasteiger partial charge in [0.25, 0.3) is 0 Å². The average molecular weight is 236 g/mol. The maximum Gasteiger partial charge on any atom is 0.137 e. The number of aliphatic hydroxyl groups excluding tert-OH is 1. The van der Waals surface area contributed by atoms with Crippen LogP contribution in [0.2, 0.25) is 0 Å². The van der Waals surface area contributed by atoms with Crippen molar-refractivity contribution in [3.05, 3.63) is 12.2 Å². The number of aliphatic hydroxyl groups is 1. The lowest BCUT2D eigenvalue weighted by atomic mass is 9.52. The van der Waals surface area contributed by atoms with Crippen molar-refractivity contribution < 1.29 is 9.90 Å². The molecule has 5 unspecified atom stereocenters. The first-order valence-electron chi connectivity index (χ1n) is 6.70. The van der Waals surface area contributed by atoms with E-state index in [1.165, 1.54) is 0 Å². The van der Waals surface area contributed by atoms with Gasteiger partial charge in [0.05, 0.1) is 6.10 Å². The summed E-state index contributed by atoms with van der Waals surface area (Å²) in [4.78, 5) is 12.3. The van der Waals surface area contributed by atoms with E-state index < -0.39 is 0 Å². The Bertz CT molecular complexity index is 347. The molecule has 0 saturated heterocycles. The van der Waals surface area contributed by atoms with E-state index in [2.05, 4.69) is 20.4 Å². The highest BCUT2D eigenvalue weighted by Gasteiger charge is 2.51. The number of fused-ring (bicyclic) bond motifs is 1. The van der Waals surface area contributed by atoms with E-state index in [1.54, 1.807) is 0 Å². The minimum Gasteiger partial charge on any atom is -0.393 e. The summed E-state index contributed by atoms with van der Waals surface area (Å²) in [6.07, 6.45) is 2.92. The lowest BCUT2D eigenvalue weighted by Crippen LogP contribution is -2.50. The van der Waals surface area contributed by atoms with E-state index in [-0.39, 0.29) is 17.4 Å². The van der Waals surface area contributed by atoms with E-state index in [1.807, 2.05) is 6.92 Å². The largest absolute Gasteiger partial charge is 0.393 e. The molecule has 2 nitrogen and oxygen atoms in total. The van der Waals surface area contributed by atoms with Crippen LogP contribution in [0.1, 0.15) is 46.5 Å². The van der Waals surface area contributed by atoms with Gasteiger partial charge < -0.3 is 5.11 Å². The second-order valence-corrected chi connectivity index (χ2v) is 6.50. The highest BCUT2D eigenvalue weighted by molar-refractivity contribution is 5.83. The van der Waals surface area contributed by atoms with E-state index in [4.69, 9.17) is 0 Å². The number of hydrogen-bond acceptors (Lipinski definition) is 2. The molecular weight excluding hydrogens is 212 g/mol. The van der Waals surface area contributed by atoms with Gasteiger partial charge in [-0.1, -0.05) is 26.0 Å². The fourth-order valence-corrected chi connectivity index (χ4v) is 3.84. The molecule has 17 heavy (non-hydrogen) atoms. The molecule has 0 aromatic carbocycles. The van der Waals surface area contributed by atoms with Gasteiger partial charge in [-0.25, -0.2) is 0 Å². The zero-order valence-corrected chi connectivity index (χ0v) is 11.2. The fourth-order valence-electron chi connectivity index (χ4n) is 3.84. The summed E-state index contributed by atoms with van der Waals surface area (Å²) < 4.78 is 0. The standard InChI is InChI=1S/C15H24O2/c1-9(2)11-6-14(17)13-7-12(16)5-10(3)15(13,4)8-11/h10-13,16H,1,5-8H2,2-4H3. The molecule has 2 aliphatic rings. The molecule has 2 aliphatic carbocycles. The number of allylic oxidation sites excluding steroid dienone is 1. The van der Waals surface area contributed by atoms with Crippen LogP contribution < -0.4 is 0 Å². The molecule has 0 aliphatic heterocycles. The fraction of sp³-hybridized carbons (Fsp3) is 0.800. The van der Waals surface area contributed by atoms with Gasteiger partial charge in [0.1, 0.15) is 5.78 Å². The van der Waals surface area contributed by atoms with Crippen LogP contribution in [0.25, 0.3) is 0 Å². The second kappa shape index (κ2) is 4.24. The molecule has 2 saturated carbocycles. The molecule has 96 valence electrons. The molecule has 0 spiro atoms. The molecule has 1 N–H and O–H groups in total. The number of rotatable bonds is 1. The lowest BCUT2D eigenvalue weighted by molar-refractivity contribution is -0.142. The highest BCUT2D eigenvalue weighted by Crippen LogP contribution is 2.54. The average Bonchev–Trinajstić information content (AvgIpc) is 2.21. The van der Waals surface area contributed by atoms with Crippen LogP contribution in [0.3, 0.4) is 0 Å². The first kappa shape index (κ1) is 12.8. The van der Waals surface area contributed by atoms with Crippen molar-refractivity contribution in [3.63, 3.8) is 0 Å². The van der Waals surface area contributed by atoms with Crippen LogP contribution in [-0.2, 0) is 4.79 Å². The quantitative estimate of drug-likeness (QED) is 0.711. The molecule has 2 heteroatoms. The zero-order valence-electron chi connectivity index (χ0n) is 11.2. The van der Waals surface area contributed by atoms with Crippen molar-refractivity contribution in [1.29, 1.82) is 0 Å². The summed E-state index contributed by atoms with van der Waals surface area (Å²) in [6.45, 7) is 10.5. The molecule has 2 rings (SSSR count). The lowest BCUT2D eigenvalue weighted by Gasteiger charge is -2.52. The summed E-state index contributed by atoms with van der Waals surface area (Å²) >= 11 is 0. The Morgan fingerprint density at radius 2 is 2.12 bits per heavy atom. The molecule has 0 bridgehead atoms. The molecular formula is C15H24O2. The van der Waals surface area contributed by atoms with Gasteiger partial charge >= 0.3 is 0 Å².